The Morgan fingerprint density at radius 1 is 0.931 bits per heavy atom. The lowest BCUT2D eigenvalue weighted by atomic mass is 9.86. The van der Waals surface area contributed by atoms with Gasteiger partial charge in [-0.1, -0.05) is 96.5 Å². The summed E-state index contributed by atoms with van der Waals surface area (Å²) in [5.41, 5.74) is 0. The fourth-order valence-corrected chi connectivity index (χ4v) is 4.52. The van der Waals surface area contributed by atoms with E-state index in [9.17, 15) is 4.79 Å². The Morgan fingerprint density at radius 3 is 1.97 bits per heavy atom. The molecule has 0 saturated heterocycles. The molecule has 1 aliphatic rings. The van der Waals surface area contributed by atoms with Crippen LogP contribution < -0.4 is 0 Å². The van der Waals surface area contributed by atoms with Gasteiger partial charge in [0.25, 0.3) is 0 Å². The number of carbonyl (C=O) groups excluding carboxylic acids is 1. The van der Waals surface area contributed by atoms with Gasteiger partial charge in [-0.2, -0.15) is 0 Å². The van der Waals surface area contributed by atoms with Gasteiger partial charge in [0.15, 0.2) is 5.78 Å². The Bertz CT molecular complexity index is 451. The van der Waals surface area contributed by atoms with Crippen LogP contribution >= 0.6 is 0 Å². The smallest absolute Gasteiger partial charge is 0.162 e. The fourth-order valence-electron chi connectivity index (χ4n) is 4.52. The Hall–Kier alpha value is -1.05. The minimum Gasteiger partial charge on any atom is -0.494 e. The SMILES string of the molecule is C=CCCCCCCCCCC(CCCCCCCCC)C1CC(=O)C=C(C)O1. The second-order valence-corrected chi connectivity index (χ2v) is 9.09. The van der Waals surface area contributed by atoms with Crippen LogP contribution in [0.5, 0.6) is 0 Å². The van der Waals surface area contributed by atoms with Gasteiger partial charge < -0.3 is 4.74 Å². The zero-order chi connectivity index (χ0) is 21.2. The number of hydrogen-bond acceptors (Lipinski definition) is 2. The quantitative estimate of drug-likeness (QED) is 0.159. The lowest BCUT2D eigenvalue weighted by Crippen LogP contribution is -2.29. The number of carbonyl (C=O) groups is 1. The van der Waals surface area contributed by atoms with Crippen LogP contribution in [0, 0.1) is 5.92 Å². The van der Waals surface area contributed by atoms with Crippen LogP contribution in [0.25, 0.3) is 0 Å². The number of ether oxygens (including phenoxy) is 1. The van der Waals surface area contributed by atoms with Gasteiger partial charge in [-0.15, -0.1) is 6.58 Å². The van der Waals surface area contributed by atoms with E-state index in [1.54, 1.807) is 6.08 Å². The maximum absolute atomic E-state index is 12.0. The summed E-state index contributed by atoms with van der Waals surface area (Å²) in [7, 11) is 0. The topological polar surface area (TPSA) is 26.3 Å². The molecular formula is C27H48O2. The molecule has 2 nitrogen and oxygen atoms in total. The van der Waals surface area contributed by atoms with E-state index in [1.165, 1.54) is 103 Å². The van der Waals surface area contributed by atoms with Crippen LogP contribution in [0.4, 0.5) is 0 Å². The first kappa shape index (κ1) is 26.0. The van der Waals surface area contributed by atoms with Crippen molar-refractivity contribution in [1.82, 2.24) is 0 Å². The van der Waals surface area contributed by atoms with Gasteiger partial charge in [0.05, 0.1) is 5.76 Å². The number of allylic oxidation sites excluding steroid dienone is 3. The Morgan fingerprint density at radius 2 is 1.45 bits per heavy atom. The minimum atomic E-state index is 0.117. The van der Waals surface area contributed by atoms with Gasteiger partial charge in [0, 0.05) is 12.5 Å². The lowest BCUT2D eigenvalue weighted by Gasteiger charge is -2.30. The monoisotopic (exact) mass is 404 g/mol. The summed E-state index contributed by atoms with van der Waals surface area (Å²) in [5, 5.41) is 0. The van der Waals surface area contributed by atoms with Crippen LogP contribution in [0.1, 0.15) is 129 Å². The van der Waals surface area contributed by atoms with Crippen molar-refractivity contribution in [2.75, 3.05) is 0 Å². The third-order valence-electron chi connectivity index (χ3n) is 6.29. The molecule has 0 aliphatic carbocycles. The molecule has 0 bridgehead atoms. The average molecular weight is 405 g/mol. The van der Waals surface area contributed by atoms with Crippen molar-refractivity contribution in [1.29, 1.82) is 0 Å². The van der Waals surface area contributed by atoms with Crippen LogP contribution in [0.2, 0.25) is 0 Å². The van der Waals surface area contributed by atoms with Crippen molar-refractivity contribution < 1.29 is 9.53 Å². The van der Waals surface area contributed by atoms with Gasteiger partial charge in [-0.25, -0.2) is 0 Å². The van der Waals surface area contributed by atoms with Gasteiger partial charge in [0.2, 0.25) is 0 Å². The Kier molecular flexibility index (Phi) is 15.9. The summed E-state index contributed by atoms with van der Waals surface area (Å²) < 4.78 is 6.09. The Labute approximate surface area is 181 Å². The molecule has 1 aliphatic heterocycles. The van der Waals surface area contributed by atoms with E-state index >= 15 is 0 Å². The molecular weight excluding hydrogens is 356 g/mol. The molecule has 0 radical (unpaired) electrons. The predicted molar refractivity (Wildman–Crippen MR) is 126 cm³/mol. The molecule has 0 N–H and O–H groups in total. The first-order valence-electron chi connectivity index (χ1n) is 12.7. The molecule has 2 heteroatoms. The van der Waals surface area contributed by atoms with Crippen molar-refractivity contribution in [2.45, 2.75) is 136 Å². The van der Waals surface area contributed by atoms with E-state index in [1.807, 2.05) is 13.0 Å². The lowest BCUT2D eigenvalue weighted by molar-refractivity contribution is -0.119. The maximum atomic E-state index is 12.0. The second kappa shape index (κ2) is 17.8. The molecule has 0 aromatic rings. The maximum Gasteiger partial charge on any atom is 0.162 e. The number of hydrogen-bond donors (Lipinski definition) is 0. The highest BCUT2D eigenvalue weighted by Crippen LogP contribution is 2.29. The molecule has 2 unspecified atom stereocenters. The number of rotatable bonds is 19. The summed E-state index contributed by atoms with van der Waals surface area (Å²) >= 11 is 0. The summed E-state index contributed by atoms with van der Waals surface area (Å²) in [6.45, 7) is 8.00. The zero-order valence-electron chi connectivity index (χ0n) is 19.6. The van der Waals surface area contributed by atoms with Crippen LogP contribution in [-0.4, -0.2) is 11.9 Å². The van der Waals surface area contributed by atoms with E-state index in [2.05, 4.69) is 13.5 Å². The highest BCUT2D eigenvalue weighted by molar-refractivity contribution is 5.91. The molecule has 0 aromatic heterocycles. The highest BCUT2D eigenvalue weighted by Gasteiger charge is 2.27. The third-order valence-corrected chi connectivity index (χ3v) is 6.29. The highest BCUT2D eigenvalue weighted by atomic mass is 16.5. The molecule has 0 spiro atoms. The van der Waals surface area contributed by atoms with Crippen LogP contribution in [0.3, 0.4) is 0 Å². The van der Waals surface area contributed by atoms with Crippen LogP contribution in [-0.2, 0) is 9.53 Å². The van der Waals surface area contributed by atoms with E-state index in [-0.39, 0.29) is 11.9 Å². The van der Waals surface area contributed by atoms with Crippen molar-refractivity contribution in [3.63, 3.8) is 0 Å². The molecule has 29 heavy (non-hydrogen) atoms. The molecule has 2 atom stereocenters. The van der Waals surface area contributed by atoms with E-state index in [0.29, 0.717) is 12.3 Å². The van der Waals surface area contributed by atoms with E-state index in [4.69, 9.17) is 4.74 Å². The second-order valence-electron chi connectivity index (χ2n) is 9.09. The van der Waals surface area contributed by atoms with Gasteiger partial charge in [-0.05, 0) is 38.5 Å². The third kappa shape index (κ3) is 13.7. The van der Waals surface area contributed by atoms with Gasteiger partial charge >= 0.3 is 0 Å². The van der Waals surface area contributed by atoms with Gasteiger partial charge in [-0.3, -0.25) is 4.79 Å². The first-order valence-corrected chi connectivity index (χ1v) is 12.7. The van der Waals surface area contributed by atoms with Gasteiger partial charge in [0.1, 0.15) is 6.10 Å². The molecule has 0 amide bonds. The van der Waals surface area contributed by atoms with Crippen LogP contribution in [0.15, 0.2) is 24.5 Å². The van der Waals surface area contributed by atoms with E-state index in [0.717, 1.165) is 12.2 Å². The van der Waals surface area contributed by atoms with E-state index < -0.39 is 0 Å². The number of unbranched alkanes of at least 4 members (excludes halogenated alkanes) is 13. The first-order chi connectivity index (χ1) is 14.2. The molecule has 0 saturated carbocycles. The van der Waals surface area contributed by atoms with Crippen molar-refractivity contribution in [3.05, 3.63) is 24.5 Å². The normalized spacial score (nSPS) is 17.7. The van der Waals surface area contributed by atoms with Crippen molar-refractivity contribution >= 4 is 5.78 Å². The molecule has 1 heterocycles. The molecule has 168 valence electrons. The Balaban J connectivity index is 2.27. The molecule has 1 rings (SSSR count). The fraction of sp³-hybridized carbons (Fsp3) is 0.815. The number of ketones is 1. The standard InChI is InChI=1S/C27H48O2/c1-4-6-8-10-12-13-15-17-19-21-25(20-18-16-14-11-9-7-5-2)27-23-26(28)22-24(3)29-27/h4,22,25,27H,1,5-21,23H2,2-3H3. The largest absolute Gasteiger partial charge is 0.494 e. The summed E-state index contributed by atoms with van der Waals surface area (Å²) in [5.74, 6) is 1.61. The van der Waals surface area contributed by atoms with Crippen molar-refractivity contribution in [2.24, 2.45) is 5.92 Å². The molecule has 0 fully saturated rings. The van der Waals surface area contributed by atoms with Crippen molar-refractivity contribution in [3.8, 4) is 0 Å². The summed E-state index contributed by atoms with van der Waals surface area (Å²) in [6, 6.07) is 0. The zero-order valence-corrected chi connectivity index (χ0v) is 19.6. The summed E-state index contributed by atoms with van der Waals surface area (Å²) in [4.78, 5) is 12.0. The minimum absolute atomic E-state index is 0.117. The summed E-state index contributed by atoms with van der Waals surface area (Å²) in [6.07, 6.45) is 26.8. The average Bonchev–Trinajstić information content (AvgIpc) is 2.69. The molecule has 0 aromatic carbocycles. The predicted octanol–water partition coefficient (Wildman–Crippen LogP) is 8.70.